The van der Waals surface area contributed by atoms with Gasteiger partial charge in [0.15, 0.2) is 16.6 Å². The first-order valence-electron chi connectivity index (χ1n) is 10.2. The topological polar surface area (TPSA) is 105 Å². The Bertz CT molecular complexity index is 1640. The van der Waals surface area contributed by atoms with Crippen molar-refractivity contribution >= 4 is 32.0 Å². The Balaban J connectivity index is 2.42. The van der Waals surface area contributed by atoms with Gasteiger partial charge in [-0.1, -0.05) is 24.3 Å². The lowest BCUT2D eigenvalue weighted by atomic mass is 10.0. The molecule has 20 heteroatoms. The van der Waals surface area contributed by atoms with E-state index < -0.39 is 78.8 Å². The van der Waals surface area contributed by atoms with E-state index in [9.17, 15) is 65.5 Å². The van der Waals surface area contributed by atoms with Gasteiger partial charge in [0.1, 0.15) is 5.70 Å². The van der Waals surface area contributed by atoms with Crippen LogP contribution in [-0.2, 0) is 9.84 Å². The quantitative estimate of drug-likeness (QED) is 0.147. The largest absolute Gasteiger partial charge is 0.515 e. The number of hydrogen-bond acceptors (Lipinski definition) is 6. The lowest BCUT2D eigenvalue weighted by Crippen LogP contribution is -2.64. The van der Waals surface area contributed by atoms with Gasteiger partial charge >= 0.3 is 29.2 Å². The molecule has 0 saturated carbocycles. The minimum Gasteiger partial charge on any atom is -0.515 e. The molecule has 1 aliphatic carbocycles. The van der Waals surface area contributed by atoms with E-state index in [2.05, 4.69) is 10.2 Å². The second kappa shape index (κ2) is 9.62. The summed E-state index contributed by atoms with van der Waals surface area (Å²) in [5.74, 6) is -27.8. The van der Waals surface area contributed by atoms with E-state index in [0.717, 1.165) is 12.1 Å². The highest BCUT2D eigenvalue weighted by molar-refractivity contribution is 7.96. The third-order valence-electron chi connectivity index (χ3n) is 5.52. The standard InChI is InChI=1S/C21H10F13N3O3S/c22-13-10(7-38)17(24,25)16(41(39,40)21(33,34)19(28,29)18(26,27)20(30,31)32)15(14(13)23)37-36-12-6-5-11(35)8-3-1-2-4-9(8)12/h1-7,38H,35H2. The highest BCUT2D eigenvalue weighted by Crippen LogP contribution is 2.59. The smallest absolute Gasteiger partial charge is 0.460 e. The van der Waals surface area contributed by atoms with Crippen LogP contribution in [0.3, 0.4) is 0 Å². The van der Waals surface area contributed by atoms with Crippen LogP contribution in [0.25, 0.3) is 10.8 Å². The third-order valence-corrected chi connectivity index (χ3v) is 7.44. The number of benzene rings is 2. The summed E-state index contributed by atoms with van der Waals surface area (Å²) >= 11 is 0. The summed E-state index contributed by atoms with van der Waals surface area (Å²) in [4.78, 5) is -3.71. The number of rotatable bonds is 6. The molecule has 1 aliphatic rings. The summed E-state index contributed by atoms with van der Waals surface area (Å²) in [6, 6.07) is 7.22. The Morgan fingerprint density at radius 1 is 0.805 bits per heavy atom. The molecule has 0 atom stereocenters. The summed E-state index contributed by atoms with van der Waals surface area (Å²) in [7, 11) is -8.27. The van der Waals surface area contributed by atoms with Crippen molar-refractivity contribution in [2.24, 2.45) is 10.2 Å². The number of nitrogens with two attached hydrogens (primary N) is 1. The minimum atomic E-state index is -8.27. The van der Waals surface area contributed by atoms with Gasteiger partial charge in [0.2, 0.25) is 0 Å². The molecule has 0 radical (unpaired) electrons. The number of allylic oxidation sites excluding steroid dienone is 4. The van der Waals surface area contributed by atoms with Crippen molar-refractivity contribution in [1.29, 1.82) is 0 Å². The molecule has 2 aromatic rings. The fourth-order valence-corrected chi connectivity index (χ4v) is 4.96. The summed E-state index contributed by atoms with van der Waals surface area (Å²) in [5, 5.41) is 6.89. The molecule has 224 valence electrons. The fourth-order valence-electron chi connectivity index (χ4n) is 3.41. The highest BCUT2D eigenvalue weighted by Gasteiger charge is 2.86. The van der Waals surface area contributed by atoms with Crippen molar-refractivity contribution in [3.05, 3.63) is 70.5 Å². The van der Waals surface area contributed by atoms with E-state index in [1.807, 2.05) is 0 Å². The van der Waals surface area contributed by atoms with Crippen molar-refractivity contribution in [1.82, 2.24) is 0 Å². The Morgan fingerprint density at radius 3 is 1.85 bits per heavy atom. The lowest BCUT2D eigenvalue weighted by molar-refractivity contribution is -0.382. The first-order chi connectivity index (χ1) is 18.5. The zero-order valence-corrected chi connectivity index (χ0v) is 19.9. The van der Waals surface area contributed by atoms with Gasteiger partial charge < -0.3 is 10.8 Å². The first kappa shape index (κ1) is 31.7. The number of nitrogen functional groups attached to an aromatic ring is 1. The van der Waals surface area contributed by atoms with Crippen LogP contribution in [0, 0.1) is 0 Å². The van der Waals surface area contributed by atoms with E-state index in [1.165, 1.54) is 24.3 Å². The summed E-state index contributed by atoms with van der Waals surface area (Å²) < 4.78 is 205. The van der Waals surface area contributed by atoms with Gasteiger partial charge in [-0.3, -0.25) is 0 Å². The molecule has 0 fully saturated rings. The highest BCUT2D eigenvalue weighted by atomic mass is 32.2. The van der Waals surface area contributed by atoms with Crippen molar-refractivity contribution in [3.63, 3.8) is 0 Å². The Kier molecular flexibility index (Phi) is 7.44. The van der Waals surface area contributed by atoms with E-state index in [0.29, 0.717) is 0 Å². The molecule has 0 spiro atoms. The summed E-state index contributed by atoms with van der Waals surface area (Å²) in [6.45, 7) is 0. The number of anilines is 1. The minimum absolute atomic E-state index is 0.0357. The van der Waals surface area contributed by atoms with Crippen LogP contribution in [0.4, 0.5) is 68.5 Å². The van der Waals surface area contributed by atoms with Crippen LogP contribution in [0.15, 0.2) is 80.7 Å². The van der Waals surface area contributed by atoms with Gasteiger partial charge in [-0.05, 0) is 12.1 Å². The second-order valence-electron chi connectivity index (χ2n) is 8.01. The van der Waals surface area contributed by atoms with Crippen molar-refractivity contribution in [2.45, 2.75) is 29.2 Å². The molecule has 0 saturated heterocycles. The number of nitrogens with zero attached hydrogens (tertiary/aromatic N) is 2. The Labute approximate surface area is 218 Å². The van der Waals surface area contributed by atoms with E-state index in [-0.39, 0.29) is 16.5 Å². The van der Waals surface area contributed by atoms with Gasteiger partial charge in [-0.2, -0.15) is 48.3 Å². The maximum atomic E-state index is 15.0. The van der Waals surface area contributed by atoms with E-state index >= 15 is 0 Å². The maximum absolute atomic E-state index is 15.0. The molecule has 0 amide bonds. The molecule has 2 aromatic carbocycles. The molecule has 0 aromatic heterocycles. The Hall–Kier alpha value is -3.84. The SMILES string of the molecule is Nc1ccc(N=NC2=C(S(=O)(=O)C(F)(F)C(F)(F)C(F)(F)C(F)(F)F)C(F)(F)C(=CO)C(F)=C2F)c2ccccc12. The van der Waals surface area contributed by atoms with Gasteiger partial charge in [0, 0.05) is 16.5 Å². The predicted molar refractivity (Wildman–Crippen MR) is 115 cm³/mol. The number of hydrogen-bond donors (Lipinski definition) is 2. The zero-order chi connectivity index (χ0) is 31.6. The molecule has 0 unspecified atom stereocenters. The van der Waals surface area contributed by atoms with Gasteiger partial charge in [0.25, 0.3) is 9.84 Å². The number of sulfone groups is 1. The Morgan fingerprint density at radius 2 is 1.34 bits per heavy atom. The van der Waals surface area contributed by atoms with Crippen LogP contribution in [0.5, 0.6) is 0 Å². The average molecular weight is 631 g/mol. The van der Waals surface area contributed by atoms with Gasteiger partial charge in [-0.25, -0.2) is 17.2 Å². The lowest BCUT2D eigenvalue weighted by Gasteiger charge is -2.35. The number of aliphatic hydroxyl groups excluding tert-OH is 1. The zero-order valence-electron chi connectivity index (χ0n) is 19.1. The van der Waals surface area contributed by atoms with Crippen molar-refractivity contribution in [3.8, 4) is 0 Å². The van der Waals surface area contributed by atoms with Crippen LogP contribution in [-0.4, -0.2) is 42.7 Å². The number of halogens is 13. The summed E-state index contributed by atoms with van der Waals surface area (Å²) in [5.41, 5.74) is -0.433. The third kappa shape index (κ3) is 4.47. The molecular weight excluding hydrogens is 621 g/mol. The second-order valence-corrected chi connectivity index (χ2v) is 9.94. The van der Waals surface area contributed by atoms with Crippen molar-refractivity contribution in [2.75, 3.05) is 5.73 Å². The number of aliphatic hydroxyl groups is 1. The van der Waals surface area contributed by atoms with Crippen LogP contribution >= 0.6 is 0 Å². The molecule has 0 aliphatic heterocycles. The molecule has 6 nitrogen and oxygen atoms in total. The molecule has 3 rings (SSSR count). The number of fused-ring (bicyclic) bond motifs is 1. The van der Waals surface area contributed by atoms with Gasteiger partial charge in [0.05, 0.1) is 17.5 Å². The van der Waals surface area contributed by atoms with E-state index in [1.54, 1.807) is 0 Å². The summed E-state index contributed by atoms with van der Waals surface area (Å²) in [6.07, 6.45) is -8.66. The number of alkyl halides is 11. The van der Waals surface area contributed by atoms with Crippen LogP contribution < -0.4 is 5.73 Å². The van der Waals surface area contributed by atoms with Crippen LogP contribution in [0.2, 0.25) is 0 Å². The van der Waals surface area contributed by atoms with Gasteiger partial charge in [-0.15, -0.1) is 10.2 Å². The number of azo groups is 1. The predicted octanol–water partition coefficient (Wildman–Crippen LogP) is 7.80. The molecule has 0 heterocycles. The monoisotopic (exact) mass is 631 g/mol. The average Bonchev–Trinajstić information content (AvgIpc) is 2.85. The normalized spacial score (nSPS) is 18.7. The molecular formula is C21H10F13N3O3S. The van der Waals surface area contributed by atoms with Crippen LogP contribution in [0.1, 0.15) is 0 Å². The molecule has 3 N–H and O–H groups in total. The van der Waals surface area contributed by atoms with Crippen molar-refractivity contribution < 1.29 is 70.6 Å². The maximum Gasteiger partial charge on any atom is 0.460 e. The molecule has 0 bridgehead atoms. The first-order valence-corrected chi connectivity index (χ1v) is 11.7. The van der Waals surface area contributed by atoms with E-state index in [4.69, 9.17) is 10.8 Å². The molecule has 41 heavy (non-hydrogen) atoms. The fraction of sp³-hybridized carbons (Fsp3) is 0.238.